The maximum atomic E-state index is 8.83. The van der Waals surface area contributed by atoms with Crippen LogP contribution in [-0.4, -0.2) is 46.0 Å². The van der Waals surface area contributed by atoms with E-state index < -0.39 is 0 Å². The van der Waals surface area contributed by atoms with E-state index in [4.69, 9.17) is 5.26 Å². The van der Waals surface area contributed by atoms with Gasteiger partial charge in [-0.1, -0.05) is 0 Å². The minimum absolute atomic E-state index is 0.459. The van der Waals surface area contributed by atoms with E-state index in [-0.39, 0.29) is 0 Å². The molecule has 0 saturated carbocycles. The van der Waals surface area contributed by atoms with E-state index in [0.29, 0.717) is 11.6 Å². The highest BCUT2D eigenvalue weighted by molar-refractivity contribution is 5.43. The van der Waals surface area contributed by atoms with Gasteiger partial charge in [0.15, 0.2) is 0 Å². The van der Waals surface area contributed by atoms with Crippen LogP contribution in [0, 0.1) is 11.3 Å². The third-order valence-electron chi connectivity index (χ3n) is 4.00. The predicted molar refractivity (Wildman–Crippen MR) is 83.1 cm³/mol. The molecule has 2 aromatic heterocycles. The third kappa shape index (κ3) is 3.21. The molecule has 1 atom stereocenters. The summed E-state index contributed by atoms with van der Waals surface area (Å²) in [4.78, 5) is 17.5. The van der Waals surface area contributed by atoms with Crippen LogP contribution >= 0.6 is 0 Å². The first kappa shape index (κ1) is 14.4. The molecule has 6 heteroatoms. The summed E-state index contributed by atoms with van der Waals surface area (Å²) in [6, 6.07) is 8.12. The molecule has 3 heterocycles. The van der Waals surface area contributed by atoms with Gasteiger partial charge in [0.25, 0.3) is 0 Å². The highest BCUT2D eigenvalue weighted by Crippen LogP contribution is 2.21. The van der Waals surface area contributed by atoms with Crippen LogP contribution in [0.1, 0.15) is 17.8 Å². The summed E-state index contributed by atoms with van der Waals surface area (Å²) in [5.41, 5.74) is 0.595. The first-order valence-electron chi connectivity index (χ1n) is 7.33. The molecule has 1 aliphatic rings. The molecular formula is C16H18N6. The smallest absolute Gasteiger partial charge is 0.142 e. The molecule has 6 nitrogen and oxygen atoms in total. The molecule has 0 unspecified atom stereocenters. The lowest BCUT2D eigenvalue weighted by molar-refractivity contribution is 0.244. The van der Waals surface area contributed by atoms with E-state index in [2.05, 4.69) is 37.9 Å². The van der Waals surface area contributed by atoms with E-state index in [1.165, 1.54) is 0 Å². The Bertz CT molecular complexity index is 649. The van der Waals surface area contributed by atoms with Crippen molar-refractivity contribution in [3.8, 4) is 6.07 Å². The van der Waals surface area contributed by atoms with Crippen LogP contribution in [0.15, 0.2) is 36.8 Å². The van der Waals surface area contributed by atoms with E-state index in [0.717, 1.165) is 37.7 Å². The second-order valence-electron chi connectivity index (χ2n) is 5.49. The second kappa shape index (κ2) is 6.50. The Labute approximate surface area is 130 Å². The largest absolute Gasteiger partial charge is 0.355 e. The normalized spacial score (nSPS) is 17.7. The lowest BCUT2D eigenvalue weighted by Crippen LogP contribution is -2.34. The maximum Gasteiger partial charge on any atom is 0.142 e. The van der Waals surface area contributed by atoms with Gasteiger partial charge in [-0.05, 0) is 31.7 Å². The number of pyridine rings is 1. The number of likely N-dealkylation sites (N-methyl/N-ethyl adjacent to an activating group) is 1. The number of rotatable bonds is 4. The first-order valence-corrected chi connectivity index (χ1v) is 7.33. The van der Waals surface area contributed by atoms with E-state index in [1.54, 1.807) is 18.6 Å². The Hall–Kier alpha value is -2.52. The van der Waals surface area contributed by atoms with Crippen molar-refractivity contribution in [3.05, 3.63) is 48.2 Å². The molecule has 3 rings (SSSR count). The molecule has 0 radical (unpaired) electrons. The quantitative estimate of drug-likeness (QED) is 0.850. The SMILES string of the molecule is CN(Cc1ncccn1)[C@H]1CCN(c2ccc(C#N)cn2)C1. The topological polar surface area (TPSA) is 68.9 Å². The van der Waals surface area contributed by atoms with Gasteiger partial charge in [-0.3, -0.25) is 4.90 Å². The van der Waals surface area contributed by atoms with Gasteiger partial charge in [0.05, 0.1) is 12.1 Å². The summed E-state index contributed by atoms with van der Waals surface area (Å²) >= 11 is 0. The average Bonchev–Trinajstić information content (AvgIpc) is 3.06. The fourth-order valence-electron chi connectivity index (χ4n) is 2.71. The molecule has 112 valence electrons. The van der Waals surface area contributed by atoms with Crippen LogP contribution in [0.3, 0.4) is 0 Å². The second-order valence-corrected chi connectivity index (χ2v) is 5.49. The minimum atomic E-state index is 0.459. The summed E-state index contributed by atoms with van der Waals surface area (Å²) in [7, 11) is 2.11. The molecule has 0 amide bonds. The summed E-state index contributed by atoms with van der Waals surface area (Å²) in [5.74, 6) is 1.78. The van der Waals surface area contributed by atoms with E-state index >= 15 is 0 Å². The van der Waals surface area contributed by atoms with Gasteiger partial charge in [-0.25, -0.2) is 15.0 Å². The zero-order valence-electron chi connectivity index (χ0n) is 12.6. The summed E-state index contributed by atoms with van der Waals surface area (Å²) in [6.07, 6.45) is 6.27. The Kier molecular flexibility index (Phi) is 4.26. The van der Waals surface area contributed by atoms with Gasteiger partial charge >= 0.3 is 0 Å². The van der Waals surface area contributed by atoms with Gasteiger partial charge in [-0.2, -0.15) is 5.26 Å². The van der Waals surface area contributed by atoms with Crippen molar-refractivity contribution in [1.82, 2.24) is 19.9 Å². The van der Waals surface area contributed by atoms with Crippen LogP contribution in [0.5, 0.6) is 0 Å². The monoisotopic (exact) mass is 294 g/mol. The number of hydrogen-bond donors (Lipinski definition) is 0. The maximum absolute atomic E-state index is 8.83. The third-order valence-corrected chi connectivity index (χ3v) is 4.00. The number of nitrogens with zero attached hydrogens (tertiary/aromatic N) is 6. The molecular weight excluding hydrogens is 276 g/mol. The van der Waals surface area contributed by atoms with Crippen LogP contribution in [-0.2, 0) is 6.54 Å². The standard InChI is InChI=1S/C16H18N6/c1-21(12-15-18-6-2-7-19-15)14-5-8-22(11-14)16-4-3-13(9-17)10-20-16/h2-4,6-7,10,14H,5,8,11-12H2,1H3/t14-/m0/s1. The lowest BCUT2D eigenvalue weighted by atomic mass is 10.2. The van der Waals surface area contributed by atoms with Crippen molar-refractivity contribution in [2.24, 2.45) is 0 Å². The Morgan fingerprint density at radius 1 is 1.32 bits per heavy atom. The lowest BCUT2D eigenvalue weighted by Gasteiger charge is -2.24. The van der Waals surface area contributed by atoms with Crippen molar-refractivity contribution in [1.29, 1.82) is 5.26 Å². The van der Waals surface area contributed by atoms with E-state index in [9.17, 15) is 0 Å². The molecule has 0 N–H and O–H groups in total. The molecule has 2 aromatic rings. The van der Waals surface area contributed by atoms with Crippen molar-refractivity contribution < 1.29 is 0 Å². The summed E-state index contributed by atoms with van der Waals surface area (Å²) < 4.78 is 0. The Morgan fingerprint density at radius 2 is 2.14 bits per heavy atom. The van der Waals surface area contributed by atoms with Gasteiger partial charge in [0.2, 0.25) is 0 Å². The van der Waals surface area contributed by atoms with Crippen LogP contribution in [0.25, 0.3) is 0 Å². The van der Waals surface area contributed by atoms with Crippen LogP contribution < -0.4 is 4.90 Å². The van der Waals surface area contributed by atoms with Crippen LogP contribution in [0.4, 0.5) is 5.82 Å². The molecule has 1 fully saturated rings. The molecule has 1 aliphatic heterocycles. The Morgan fingerprint density at radius 3 is 2.82 bits per heavy atom. The summed E-state index contributed by atoms with van der Waals surface area (Å²) in [6.45, 7) is 2.66. The van der Waals surface area contributed by atoms with Crippen molar-refractivity contribution in [2.75, 3.05) is 25.0 Å². The molecule has 22 heavy (non-hydrogen) atoms. The predicted octanol–water partition coefficient (Wildman–Crippen LogP) is 1.45. The summed E-state index contributed by atoms with van der Waals surface area (Å²) in [5, 5.41) is 8.83. The van der Waals surface area contributed by atoms with Crippen molar-refractivity contribution in [2.45, 2.75) is 19.0 Å². The fourth-order valence-corrected chi connectivity index (χ4v) is 2.71. The van der Waals surface area contributed by atoms with E-state index in [1.807, 2.05) is 18.2 Å². The molecule has 0 spiro atoms. The molecule has 1 saturated heterocycles. The van der Waals surface area contributed by atoms with Gasteiger partial charge in [-0.15, -0.1) is 0 Å². The van der Waals surface area contributed by atoms with Crippen molar-refractivity contribution in [3.63, 3.8) is 0 Å². The molecule has 0 bridgehead atoms. The van der Waals surface area contributed by atoms with Gasteiger partial charge in [0.1, 0.15) is 17.7 Å². The zero-order valence-corrected chi connectivity index (χ0v) is 12.6. The zero-order chi connectivity index (χ0) is 15.4. The first-order chi connectivity index (χ1) is 10.8. The highest BCUT2D eigenvalue weighted by atomic mass is 15.3. The van der Waals surface area contributed by atoms with Crippen molar-refractivity contribution >= 4 is 5.82 Å². The number of nitriles is 1. The van der Waals surface area contributed by atoms with Gasteiger partial charge < -0.3 is 4.90 Å². The molecule has 0 aliphatic carbocycles. The Balaban J connectivity index is 1.60. The van der Waals surface area contributed by atoms with Gasteiger partial charge in [0, 0.05) is 37.7 Å². The highest BCUT2D eigenvalue weighted by Gasteiger charge is 2.26. The fraction of sp³-hybridized carbons (Fsp3) is 0.375. The molecule has 0 aromatic carbocycles. The minimum Gasteiger partial charge on any atom is -0.355 e. The average molecular weight is 294 g/mol. The number of anilines is 1. The number of hydrogen-bond acceptors (Lipinski definition) is 6. The number of aromatic nitrogens is 3. The van der Waals surface area contributed by atoms with Crippen LogP contribution in [0.2, 0.25) is 0 Å².